The third-order valence-corrected chi connectivity index (χ3v) is 4.36. The van der Waals surface area contributed by atoms with Gasteiger partial charge in [0.25, 0.3) is 11.4 Å². The number of benzene rings is 2. The van der Waals surface area contributed by atoms with Crippen molar-refractivity contribution in [3.63, 3.8) is 0 Å². The van der Waals surface area contributed by atoms with Gasteiger partial charge in [-0.1, -0.05) is 18.2 Å². The van der Waals surface area contributed by atoms with Crippen molar-refractivity contribution in [2.75, 3.05) is 0 Å². The maximum Gasteiger partial charge on any atom is 0.289 e. The number of ketones is 1. The number of nitro groups is 2. The standard InChI is InChI=1S/C17H9N3O5/c1-8-13(19(22)23)7-10-14(16(8)20(24)25)15-11(17(10)21)6-9-4-2-3-5-12(9)18-15/h2-7H,1H3. The molecule has 0 saturated carbocycles. The predicted octanol–water partition coefficient (Wildman–Crippen LogP) is 3.57. The van der Waals surface area contributed by atoms with Crippen LogP contribution in [0.4, 0.5) is 11.4 Å². The summed E-state index contributed by atoms with van der Waals surface area (Å²) in [6.07, 6.45) is 0. The van der Waals surface area contributed by atoms with Crippen LogP contribution in [0.15, 0.2) is 36.4 Å². The topological polar surface area (TPSA) is 116 Å². The molecular formula is C17H9N3O5. The minimum absolute atomic E-state index is 0.0539. The van der Waals surface area contributed by atoms with Gasteiger partial charge in [-0.25, -0.2) is 4.98 Å². The Bertz CT molecular complexity index is 1140. The molecule has 122 valence electrons. The zero-order valence-corrected chi connectivity index (χ0v) is 12.8. The van der Waals surface area contributed by atoms with Crippen LogP contribution in [-0.2, 0) is 0 Å². The molecule has 0 atom stereocenters. The molecule has 0 aliphatic heterocycles. The lowest BCUT2D eigenvalue weighted by Crippen LogP contribution is -2.03. The van der Waals surface area contributed by atoms with Crippen molar-refractivity contribution in [3.05, 3.63) is 73.3 Å². The molecule has 0 unspecified atom stereocenters. The quantitative estimate of drug-likeness (QED) is 0.408. The van der Waals surface area contributed by atoms with Gasteiger partial charge in [0.05, 0.1) is 26.6 Å². The highest BCUT2D eigenvalue weighted by Gasteiger charge is 2.39. The van der Waals surface area contributed by atoms with Crippen LogP contribution in [0.5, 0.6) is 0 Å². The second-order valence-electron chi connectivity index (χ2n) is 5.71. The lowest BCUT2D eigenvalue weighted by molar-refractivity contribution is -0.394. The summed E-state index contributed by atoms with van der Waals surface area (Å²) in [7, 11) is 0. The van der Waals surface area contributed by atoms with Gasteiger partial charge in [-0.05, 0) is 19.1 Å². The van der Waals surface area contributed by atoms with Gasteiger partial charge < -0.3 is 0 Å². The molecular weight excluding hydrogens is 326 g/mol. The van der Waals surface area contributed by atoms with Crippen LogP contribution in [0.2, 0.25) is 0 Å². The zero-order chi connectivity index (χ0) is 17.9. The highest BCUT2D eigenvalue weighted by molar-refractivity contribution is 6.24. The SMILES string of the molecule is Cc1c([N+](=O)[O-])cc2c(c1[N+](=O)[O-])-c1nc3ccccc3cc1C2=O. The number of hydrogen-bond donors (Lipinski definition) is 0. The molecule has 0 amide bonds. The fourth-order valence-electron chi connectivity index (χ4n) is 3.21. The number of carbonyl (C=O) groups excluding carboxylic acids is 1. The second-order valence-corrected chi connectivity index (χ2v) is 5.71. The lowest BCUT2D eigenvalue weighted by Gasteiger charge is -2.06. The molecule has 1 aliphatic rings. The zero-order valence-electron chi connectivity index (χ0n) is 12.8. The van der Waals surface area contributed by atoms with Crippen molar-refractivity contribution < 1.29 is 14.6 Å². The molecule has 0 saturated heterocycles. The Labute approximate surface area is 140 Å². The van der Waals surface area contributed by atoms with E-state index in [9.17, 15) is 25.0 Å². The Kier molecular flexibility index (Phi) is 2.92. The van der Waals surface area contributed by atoms with Gasteiger partial charge in [0.15, 0.2) is 5.78 Å². The Morgan fingerprint density at radius 2 is 1.72 bits per heavy atom. The van der Waals surface area contributed by atoms with E-state index in [4.69, 9.17) is 0 Å². The summed E-state index contributed by atoms with van der Waals surface area (Å²) >= 11 is 0. The van der Waals surface area contributed by atoms with Gasteiger partial charge >= 0.3 is 0 Å². The van der Waals surface area contributed by atoms with Gasteiger partial charge in [0.2, 0.25) is 0 Å². The molecule has 8 nitrogen and oxygen atoms in total. The summed E-state index contributed by atoms with van der Waals surface area (Å²) in [5, 5.41) is 23.5. The molecule has 0 fully saturated rings. The number of pyridine rings is 1. The number of aromatic nitrogens is 1. The molecule has 25 heavy (non-hydrogen) atoms. The van der Waals surface area contributed by atoms with Crippen LogP contribution in [0.25, 0.3) is 22.2 Å². The number of rotatable bonds is 2. The monoisotopic (exact) mass is 335 g/mol. The summed E-state index contributed by atoms with van der Waals surface area (Å²) in [6, 6.07) is 9.80. The van der Waals surface area contributed by atoms with Gasteiger partial charge in [-0.2, -0.15) is 0 Å². The van der Waals surface area contributed by atoms with Crippen molar-refractivity contribution in [1.29, 1.82) is 0 Å². The molecule has 8 heteroatoms. The lowest BCUT2D eigenvalue weighted by atomic mass is 10.0. The minimum Gasteiger partial charge on any atom is -0.288 e. The van der Waals surface area contributed by atoms with E-state index >= 15 is 0 Å². The molecule has 2 aromatic carbocycles. The third-order valence-electron chi connectivity index (χ3n) is 4.36. The van der Waals surface area contributed by atoms with Crippen molar-refractivity contribution in [2.45, 2.75) is 6.92 Å². The number of carbonyl (C=O) groups is 1. The summed E-state index contributed by atoms with van der Waals surface area (Å²) in [6.45, 7) is 1.31. The maximum absolute atomic E-state index is 12.7. The van der Waals surface area contributed by atoms with Crippen molar-refractivity contribution >= 4 is 28.1 Å². The van der Waals surface area contributed by atoms with E-state index in [2.05, 4.69) is 4.98 Å². The fraction of sp³-hybridized carbons (Fsp3) is 0.0588. The Morgan fingerprint density at radius 1 is 1.00 bits per heavy atom. The van der Waals surface area contributed by atoms with Crippen molar-refractivity contribution in [1.82, 2.24) is 4.98 Å². The molecule has 0 spiro atoms. The highest BCUT2D eigenvalue weighted by atomic mass is 16.6. The number of para-hydroxylation sites is 1. The number of nitro benzene ring substituents is 2. The molecule has 4 rings (SSSR count). The van der Waals surface area contributed by atoms with Crippen molar-refractivity contribution in [2.24, 2.45) is 0 Å². The van der Waals surface area contributed by atoms with Crippen molar-refractivity contribution in [3.8, 4) is 11.3 Å². The maximum atomic E-state index is 12.7. The molecule has 1 aromatic heterocycles. The number of nitrogens with zero attached hydrogens (tertiary/aromatic N) is 3. The van der Waals surface area contributed by atoms with Gasteiger partial charge in [0.1, 0.15) is 5.56 Å². The Hall–Kier alpha value is -3.68. The summed E-state index contributed by atoms with van der Waals surface area (Å²) in [5.41, 5.74) is 0.0209. The smallest absolute Gasteiger partial charge is 0.288 e. The first kappa shape index (κ1) is 14.9. The number of fused-ring (bicyclic) bond motifs is 4. The van der Waals surface area contributed by atoms with Gasteiger partial charge in [-0.3, -0.25) is 25.0 Å². The van der Waals surface area contributed by atoms with E-state index in [0.717, 1.165) is 11.5 Å². The van der Waals surface area contributed by atoms with Crippen LogP contribution in [0.1, 0.15) is 21.5 Å². The van der Waals surface area contributed by atoms with E-state index in [1.807, 2.05) is 0 Å². The minimum atomic E-state index is -0.719. The normalized spacial score (nSPS) is 12.1. The van der Waals surface area contributed by atoms with E-state index < -0.39 is 27.0 Å². The third kappa shape index (κ3) is 1.94. The Balaban J connectivity index is 2.16. The first-order valence-electron chi connectivity index (χ1n) is 7.31. The predicted molar refractivity (Wildman–Crippen MR) is 88.7 cm³/mol. The summed E-state index contributed by atoms with van der Waals surface area (Å²) in [5.74, 6) is -0.491. The van der Waals surface area contributed by atoms with E-state index in [1.54, 1.807) is 30.3 Å². The summed E-state index contributed by atoms with van der Waals surface area (Å²) < 4.78 is 0. The van der Waals surface area contributed by atoms with E-state index in [0.29, 0.717) is 5.52 Å². The number of hydrogen-bond acceptors (Lipinski definition) is 6. The molecule has 1 aliphatic carbocycles. The van der Waals surface area contributed by atoms with Crippen LogP contribution >= 0.6 is 0 Å². The first-order valence-corrected chi connectivity index (χ1v) is 7.31. The second kappa shape index (κ2) is 4.91. The van der Waals surface area contributed by atoms with Crippen LogP contribution < -0.4 is 0 Å². The molecule has 0 radical (unpaired) electrons. The molecule has 3 aromatic rings. The Morgan fingerprint density at radius 3 is 2.40 bits per heavy atom. The average Bonchev–Trinajstić information content (AvgIpc) is 2.84. The molecule has 0 bridgehead atoms. The van der Waals surface area contributed by atoms with Crippen LogP contribution in [0, 0.1) is 27.2 Å². The van der Waals surface area contributed by atoms with Crippen LogP contribution in [0.3, 0.4) is 0 Å². The summed E-state index contributed by atoms with van der Waals surface area (Å²) in [4.78, 5) is 38.5. The van der Waals surface area contributed by atoms with Crippen LogP contribution in [-0.4, -0.2) is 20.6 Å². The molecule has 1 heterocycles. The van der Waals surface area contributed by atoms with E-state index in [1.165, 1.54) is 6.92 Å². The van der Waals surface area contributed by atoms with Gasteiger partial charge in [-0.15, -0.1) is 0 Å². The first-order chi connectivity index (χ1) is 11.9. The van der Waals surface area contributed by atoms with E-state index in [-0.39, 0.29) is 27.9 Å². The molecule has 0 N–H and O–H groups in total. The average molecular weight is 335 g/mol. The fourth-order valence-corrected chi connectivity index (χ4v) is 3.21. The van der Waals surface area contributed by atoms with Gasteiger partial charge in [0, 0.05) is 22.6 Å². The largest absolute Gasteiger partial charge is 0.289 e. The highest BCUT2D eigenvalue weighted by Crippen LogP contribution is 2.46.